The van der Waals surface area contributed by atoms with Gasteiger partial charge in [0.2, 0.25) is 0 Å². The average molecular weight is 272 g/mol. The molecule has 0 amide bonds. The van der Waals surface area contributed by atoms with Gasteiger partial charge in [0, 0.05) is 24.7 Å². The number of aldehydes is 1. The quantitative estimate of drug-likeness (QED) is 0.856. The Kier molecular flexibility index (Phi) is 4.15. The molecule has 0 aliphatic carbocycles. The van der Waals surface area contributed by atoms with Crippen LogP contribution in [-0.2, 0) is 11.2 Å². The normalized spacial score (nSPS) is 9.87. The third kappa shape index (κ3) is 2.31. The third-order valence-electron chi connectivity index (χ3n) is 2.28. The van der Waals surface area contributed by atoms with Crippen molar-refractivity contribution in [1.29, 1.82) is 0 Å². The Bertz CT molecular complexity index is 377. The summed E-state index contributed by atoms with van der Waals surface area (Å²) in [5.74, 6) is 0.753. The molecule has 82 valence electrons. The largest absolute Gasteiger partial charge is 0.496 e. The highest BCUT2D eigenvalue weighted by atomic mass is 79.9. The summed E-state index contributed by atoms with van der Waals surface area (Å²) in [7, 11) is 3.46. The minimum Gasteiger partial charge on any atom is -0.496 e. The highest BCUT2D eigenvalue weighted by Gasteiger charge is 2.13. The molecule has 4 heteroatoms. The van der Waals surface area contributed by atoms with E-state index in [2.05, 4.69) is 21.2 Å². The summed E-state index contributed by atoms with van der Waals surface area (Å²) in [6.45, 7) is 1.98. The van der Waals surface area contributed by atoms with Crippen LogP contribution in [0.4, 0.5) is 5.69 Å². The summed E-state index contributed by atoms with van der Waals surface area (Å²) in [4.78, 5) is 10.6. The van der Waals surface area contributed by atoms with Crippen LogP contribution in [0.1, 0.15) is 11.1 Å². The summed E-state index contributed by atoms with van der Waals surface area (Å²) in [5, 5.41) is 3.10. The maximum Gasteiger partial charge on any atom is 0.133 e. The van der Waals surface area contributed by atoms with Gasteiger partial charge in [0.05, 0.1) is 11.6 Å². The zero-order valence-electron chi connectivity index (χ0n) is 9.06. The first-order valence-electron chi connectivity index (χ1n) is 4.63. The molecule has 0 saturated carbocycles. The summed E-state index contributed by atoms with van der Waals surface area (Å²) in [6, 6.07) is 1.93. The van der Waals surface area contributed by atoms with E-state index < -0.39 is 0 Å². The maximum atomic E-state index is 10.6. The molecule has 0 saturated heterocycles. The molecule has 0 heterocycles. The van der Waals surface area contributed by atoms with Crippen molar-refractivity contribution < 1.29 is 9.53 Å². The average Bonchev–Trinajstić information content (AvgIpc) is 2.23. The number of carbonyl (C=O) groups is 1. The highest BCUT2D eigenvalue weighted by Crippen LogP contribution is 2.36. The SMILES string of the molecule is CNc1c(C)cc(OC)c(Br)c1CC=O. The Morgan fingerprint density at radius 2 is 2.27 bits per heavy atom. The molecule has 0 aromatic heterocycles. The Morgan fingerprint density at radius 3 is 2.73 bits per heavy atom. The van der Waals surface area contributed by atoms with Crippen LogP contribution in [0.2, 0.25) is 0 Å². The van der Waals surface area contributed by atoms with Gasteiger partial charge in [0.25, 0.3) is 0 Å². The van der Waals surface area contributed by atoms with E-state index in [-0.39, 0.29) is 0 Å². The molecule has 1 rings (SSSR count). The molecule has 0 bridgehead atoms. The predicted molar refractivity (Wildman–Crippen MR) is 64.7 cm³/mol. The van der Waals surface area contributed by atoms with Crippen molar-refractivity contribution in [3.63, 3.8) is 0 Å². The fourth-order valence-corrected chi connectivity index (χ4v) is 2.24. The van der Waals surface area contributed by atoms with E-state index >= 15 is 0 Å². The maximum absolute atomic E-state index is 10.6. The van der Waals surface area contributed by atoms with Crippen LogP contribution in [0, 0.1) is 6.92 Å². The van der Waals surface area contributed by atoms with E-state index in [9.17, 15) is 4.79 Å². The predicted octanol–water partition coefficient (Wildman–Crippen LogP) is 2.55. The van der Waals surface area contributed by atoms with Crippen molar-refractivity contribution in [1.82, 2.24) is 0 Å². The van der Waals surface area contributed by atoms with Gasteiger partial charge in [-0.15, -0.1) is 0 Å². The molecule has 0 aliphatic rings. The molecule has 0 aliphatic heterocycles. The topological polar surface area (TPSA) is 38.3 Å². The summed E-state index contributed by atoms with van der Waals surface area (Å²) < 4.78 is 6.06. The first-order valence-corrected chi connectivity index (χ1v) is 5.42. The van der Waals surface area contributed by atoms with E-state index in [4.69, 9.17) is 4.74 Å². The number of hydrogen-bond acceptors (Lipinski definition) is 3. The molecule has 3 nitrogen and oxygen atoms in total. The van der Waals surface area contributed by atoms with E-state index in [0.717, 1.165) is 33.3 Å². The Hall–Kier alpha value is -1.03. The van der Waals surface area contributed by atoms with Gasteiger partial charge in [-0.25, -0.2) is 0 Å². The molecule has 1 aromatic rings. The lowest BCUT2D eigenvalue weighted by molar-refractivity contribution is -0.107. The van der Waals surface area contributed by atoms with Crippen LogP contribution in [0.5, 0.6) is 5.75 Å². The lowest BCUT2D eigenvalue weighted by Gasteiger charge is -2.15. The van der Waals surface area contributed by atoms with Gasteiger partial charge in [0.1, 0.15) is 12.0 Å². The minimum atomic E-state index is 0.370. The van der Waals surface area contributed by atoms with Gasteiger partial charge < -0.3 is 14.8 Å². The van der Waals surface area contributed by atoms with Crippen LogP contribution in [-0.4, -0.2) is 20.4 Å². The smallest absolute Gasteiger partial charge is 0.133 e. The first kappa shape index (κ1) is 12.0. The van der Waals surface area contributed by atoms with Crippen LogP contribution >= 0.6 is 15.9 Å². The van der Waals surface area contributed by atoms with E-state index in [1.807, 2.05) is 20.0 Å². The lowest BCUT2D eigenvalue weighted by Crippen LogP contribution is -2.02. The van der Waals surface area contributed by atoms with E-state index in [0.29, 0.717) is 6.42 Å². The van der Waals surface area contributed by atoms with Gasteiger partial charge in [-0.1, -0.05) is 0 Å². The number of aryl methyl sites for hydroxylation is 1. The molecule has 0 radical (unpaired) electrons. The van der Waals surface area contributed by atoms with Crippen molar-refractivity contribution in [2.75, 3.05) is 19.5 Å². The number of halogens is 1. The lowest BCUT2D eigenvalue weighted by atomic mass is 10.0. The third-order valence-corrected chi connectivity index (χ3v) is 3.15. The second-order valence-electron chi connectivity index (χ2n) is 3.18. The summed E-state index contributed by atoms with van der Waals surface area (Å²) in [5.41, 5.74) is 2.98. The van der Waals surface area contributed by atoms with Gasteiger partial charge in [-0.3, -0.25) is 0 Å². The fourth-order valence-electron chi connectivity index (χ4n) is 1.60. The molecule has 0 fully saturated rings. The summed E-state index contributed by atoms with van der Waals surface area (Å²) in [6.07, 6.45) is 1.26. The van der Waals surface area contributed by atoms with Gasteiger partial charge in [-0.2, -0.15) is 0 Å². The first-order chi connectivity index (χ1) is 7.15. The number of anilines is 1. The Labute approximate surface area is 97.9 Å². The van der Waals surface area contributed by atoms with Gasteiger partial charge in [0.15, 0.2) is 0 Å². The summed E-state index contributed by atoms with van der Waals surface area (Å²) >= 11 is 3.44. The standard InChI is InChI=1S/C11H14BrNO2/c1-7-6-9(15-3)10(12)8(4-5-14)11(7)13-2/h5-6,13H,4H2,1-3H3. The number of benzene rings is 1. The molecular formula is C11H14BrNO2. The number of hydrogen-bond donors (Lipinski definition) is 1. The number of methoxy groups -OCH3 is 1. The van der Waals surface area contributed by atoms with Crippen LogP contribution in [0.25, 0.3) is 0 Å². The number of rotatable bonds is 4. The highest BCUT2D eigenvalue weighted by molar-refractivity contribution is 9.10. The molecule has 0 spiro atoms. The van der Waals surface area contributed by atoms with Crippen molar-refractivity contribution in [2.45, 2.75) is 13.3 Å². The molecular weight excluding hydrogens is 258 g/mol. The second kappa shape index (κ2) is 5.16. The zero-order valence-corrected chi connectivity index (χ0v) is 10.6. The fraction of sp³-hybridized carbons (Fsp3) is 0.364. The van der Waals surface area contributed by atoms with Crippen molar-refractivity contribution in [3.8, 4) is 5.75 Å². The second-order valence-corrected chi connectivity index (χ2v) is 3.98. The van der Waals surface area contributed by atoms with Crippen LogP contribution in [0.15, 0.2) is 10.5 Å². The van der Waals surface area contributed by atoms with Gasteiger partial charge >= 0.3 is 0 Å². The molecule has 1 N–H and O–H groups in total. The molecule has 1 aromatic carbocycles. The van der Waals surface area contributed by atoms with E-state index in [1.165, 1.54) is 0 Å². The van der Waals surface area contributed by atoms with Crippen molar-refractivity contribution in [2.24, 2.45) is 0 Å². The zero-order chi connectivity index (χ0) is 11.4. The van der Waals surface area contributed by atoms with Crippen LogP contribution in [0.3, 0.4) is 0 Å². The monoisotopic (exact) mass is 271 g/mol. The number of nitrogens with one attached hydrogen (secondary N) is 1. The Balaban J connectivity index is 3.40. The van der Waals surface area contributed by atoms with Crippen molar-refractivity contribution in [3.05, 3.63) is 21.7 Å². The molecule has 0 atom stereocenters. The van der Waals surface area contributed by atoms with Crippen molar-refractivity contribution >= 4 is 27.9 Å². The number of carbonyl (C=O) groups excluding carboxylic acids is 1. The molecule has 0 unspecified atom stereocenters. The minimum absolute atomic E-state index is 0.370. The van der Waals surface area contributed by atoms with E-state index in [1.54, 1.807) is 7.11 Å². The number of ether oxygens (including phenoxy) is 1. The van der Waals surface area contributed by atoms with Crippen LogP contribution < -0.4 is 10.1 Å². The van der Waals surface area contributed by atoms with Gasteiger partial charge in [-0.05, 0) is 34.5 Å². The molecule has 15 heavy (non-hydrogen) atoms. The Morgan fingerprint density at radius 1 is 1.60 bits per heavy atom.